The minimum atomic E-state index is -0.428. The summed E-state index contributed by atoms with van der Waals surface area (Å²) in [4.78, 5) is 15.9. The van der Waals surface area contributed by atoms with Gasteiger partial charge in [-0.2, -0.15) is 0 Å². The average Bonchev–Trinajstić information content (AvgIpc) is 2.83. The molecule has 0 spiro atoms. The molecule has 0 saturated heterocycles. The van der Waals surface area contributed by atoms with Gasteiger partial charge in [-0.25, -0.2) is 4.98 Å². The number of primary amides is 1. The maximum atomic E-state index is 11.3. The van der Waals surface area contributed by atoms with Crippen LogP contribution in [-0.4, -0.2) is 15.3 Å². The zero-order valence-corrected chi connectivity index (χ0v) is 12.4. The van der Waals surface area contributed by atoms with Crippen LogP contribution < -0.4 is 5.73 Å². The Balaban J connectivity index is 0.000000861. The van der Waals surface area contributed by atoms with Gasteiger partial charge >= 0.3 is 0 Å². The SMILES string of the molecule is CC.CCc1cc(C(C)C)nc2c(C(N)=O)ccn12. The molecule has 0 aliphatic heterocycles. The van der Waals surface area contributed by atoms with Crippen molar-refractivity contribution in [2.45, 2.75) is 47.0 Å². The van der Waals surface area contributed by atoms with Gasteiger partial charge in [-0.05, 0) is 24.5 Å². The highest BCUT2D eigenvalue weighted by Crippen LogP contribution is 2.19. The van der Waals surface area contributed by atoms with E-state index in [4.69, 9.17) is 5.73 Å². The summed E-state index contributed by atoms with van der Waals surface area (Å²) in [6.45, 7) is 10.3. The molecular weight excluding hydrogens is 238 g/mol. The summed E-state index contributed by atoms with van der Waals surface area (Å²) < 4.78 is 1.94. The van der Waals surface area contributed by atoms with Gasteiger partial charge in [0.2, 0.25) is 0 Å². The van der Waals surface area contributed by atoms with Crippen LogP contribution in [0.2, 0.25) is 0 Å². The van der Waals surface area contributed by atoms with Gasteiger partial charge in [0, 0.05) is 17.6 Å². The molecule has 0 bridgehead atoms. The highest BCUT2D eigenvalue weighted by atomic mass is 16.1. The minimum Gasteiger partial charge on any atom is -0.365 e. The van der Waals surface area contributed by atoms with Crippen molar-refractivity contribution in [3.8, 4) is 0 Å². The van der Waals surface area contributed by atoms with Gasteiger partial charge in [0.15, 0.2) is 0 Å². The molecule has 2 rings (SSSR count). The van der Waals surface area contributed by atoms with Gasteiger partial charge in [-0.3, -0.25) is 4.79 Å². The third kappa shape index (κ3) is 2.95. The molecule has 104 valence electrons. The number of carbonyl (C=O) groups excluding carboxylic acids is 1. The number of nitrogens with two attached hydrogens (primary N) is 1. The average molecular weight is 261 g/mol. The topological polar surface area (TPSA) is 60.4 Å². The molecule has 0 unspecified atom stereocenters. The van der Waals surface area contributed by atoms with Crippen LogP contribution in [0.25, 0.3) is 5.65 Å². The Morgan fingerprint density at radius 1 is 1.42 bits per heavy atom. The summed E-state index contributed by atoms with van der Waals surface area (Å²) in [5.74, 6) is -0.0936. The summed E-state index contributed by atoms with van der Waals surface area (Å²) in [5.41, 5.74) is 8.65. The van der Waals surface area contributed by atoms with Crippen molar-refractivity contribution in [2.24, 2.45) is 5.73 Å². The summed E-state index contributed by atoms with van der Waals surface area (Å²) in [5, 5.41) is 0. The predicted molar refractivity (Wildman–Crippen MR) is 78.5 cm³/mol. The maximum Gasteiger partial charge on any atom is 0.252 e. The lowest BCUT2D eigenvalue weighted by Gasteiger charge is -2.10. The molecule has 2 aromatic rings. The van der Waals surface area contributed by atoms with E-state index in [1.807, 2.05) is 24.4 Å². The van der Waals surface area contributed by atoms with Crippen LogP contribution in [0.15, 0.2) is 18.3 Å². The lowest BCUT2D eigenvalue weighted by atomic mass is 10.1. The van der Waals surface area contributed by atoms with E-state index in [0.29, 0.717) is 17.1 Å². The lowest BCUT2D eigenvalue weighted by Crippen LogP contribution is -2.12. The molecule has 4 heteroatoms. The zero-order valence-electron chi connectivity index (χ0n) is 12.4. The van der Waals surface area contributed by atoms with Crippen molar-refractivity contribution in [1.29, 1.82) is 0 Å². The number of hydrogen-bond acceptors (Lipinski definition) is 2. The van der Waals surface area contributed by atoms with Crippen LogP contribution in [-0.2, 0) is 6.42 Å². The molecule has 0 aliphatic carbocycles. The normalized spacial score (nSPS) is 10.4. The molecule has 0 atom stereocenters. The standard InChI is InChI=1S/C13H17N3O.C2H6/c1-4-9-7-11(8(2)3)15-13-10(12(14)17)5-6-16(9)13;1-2/h5-8H,4H2,1-3H3,(H2,14,17);1-2H3. The third-order valence-electron chi connectivity index (χ3n) is 2.94. The van der Waals surface area contributed by atoms with Gasteiger partial charge in [0.05, 0.1) is 5.56 Å². The zero-order chi connectivity index (χ0) is 14.6. The first-order valence-corrected chi connectivity index (χ1v) is 6.85. The smallest absolute Gasteiger partial charge is 0.252 e. The first-order chi connectivity index (χ1) is 9.04. The van der Waals surface area contributed by atoms with Gasteiger partial charge < -0.3 is 10.1 Å². The van der Waals surface area contributed by atoms with Crippen molar-refractivity contribution >= 4 is 11.6 Å². The number of amides is 1. The quantitative estimate of drug-likeness (QED) is 0.922. The van der Waals surface area contributed by atoms with Gasteiger partial charge in [0.1, 0.15) is 5.65 Å². The van der Waals surface area contributed by atoms with E-state index in [0.717, 1.165) is 17.8 Å². The Hall–Kier alpha value is -1.84. The number of aryl methyl sites for hydroxylation is 1. The van der Waals surface area contributed by atoms with Crippen molar-refractivity contribution in [3.63, 3.8) is 0 Å². The highest BCUT2D eigenvalue weighted by molar-refractivity contribution is 5.99. The Bertz CT molecular complexity index is 570. The molecule has 0 aliphatic rings. The Kier molecular flexibility index (Phi) is 5.10. The molecule has 2 N–H and O–H groups in total. The molecule has 2 heterocycles. The second-order valence-corrected chi connectivity index (χ2v) is 4.47. The summed E-state index contributed by atoms with van der Waals surface area (Å²) in [6.07, 6.45) is 2.75. The van der Waals surface area contributed by atoms with E-state index in [1.165, 1.54) is 0 Å². The van der Waals surface area contributed by atoms with Gasteiger partial charge in [0.25, 0.3) is 5.91 Å². The summed E-state index contributed by atoms with van der Waals surface area (Å²) in [7, 11) is 0. The summed E-state index contributed by atoms with van der Waals surface area (Å²) in [6, 6.07) is 3.82. The Morgan fingerprint density at radius 2 is 2.05 bits per heavy atom. The molecule has 2 aromatic heterocycles. The largest absolute Gasteiger partial charge is 0.365 e. The van der Waals surface area contributed by atoms with E-state index >= 15 is 0 Å². The van der Waals surface area contributed by atoms with Crippen LogP contribution in [0, 0.1) is 0 Å². The van der Waals surface area contributed by atoms with Crippen LogP contribution in [0.5, 0.6) is 0 Å². The van der Waals surface area contributed by atoms with Gasteiger partial charge in [-0.15, -0.1) is 0 Å². The van der Waals surface area contributed by atoms with Crippen LogP contribution in [0.1, 0.15) is 62.3 Å². The van der Waals surface area contributed by atoms with Crippen molar-refractivity contribution in [3.05, 3.63) is 35.3 Å². The van der Waals surface area contributed by atoms with E-state index in [2.05, 4.69) is 31.8 Å². The molecule has 0 saturated carbocycles. The maximum absolute atomic E-state index is 11.3. The second-order valence-electron chi connectivity index (χ2n) is 4.47. The number of aromatic nitrogens is 2. The predicted octanol–water partition coefficient (Wildman–Crippen LogP) is 3.15. The summed E-state index contributed by atoms with van der Waals surface area (Å²) >= 11 is 0. The van der Waals surface area contributed by atoms with Crippen LogP contribution in [0.3, 0.4) is 0 Å². The molecule has 0 fully saturated rings. The first-order valence-electron chi connectivity index (χ1n) is 6.85. The number of carbonyl (C=O) groups is 1. The monoisotopic (exact) mass is 261 g/mol. The number of nitrogens with zero attached hydrogens (tertiary/aromatic N) is 2. The molecule has 0 radical (unpaired) electrons. The molecular formula is C15H23N3O. The van der Waals surface area contributed by atoms with Crippen LogP contribution in [0.4, 0.5) is 0 Å². The van der Waals surface area contributed by atoms with Crippen LogP contribution >= 0.6 is 0 Å². The van der Waals surface area contributed by atoms with Crippen molar-refractivity contribution < 1.29 is 4.79 Å². The number of hydrogen-bond donors (Lipinski definition) is 1. The second kappa shape index (κ2) is 6.36. The minimum absolute atomic E-state index is 0.334. The number of rotatable bonds is 3. The molecule has 0 aromatic carbocycles. The Morgan fingerprint density at radius 3 is 2.53 bits per heavy atom. The first kappa shape index (κ1) is 15.2. The number of fused-ring (bicyclic) bond motifs is 1. The molecule has 19 heavy (non-hydrogen) atoms. The molecule has 4 nitrogen and oxygen atoms in total. The van der Waals surface area contributed by atoms with E-state index in [9.17, 15) is 4.79 Å². The van der Waals surface area contributed by atoms with Crippen molar-refractivity contribution in [1.82, 2.24) is 9.38 Å². The van der Waals surface area contributed by atoms with Crippen molar-refractivity contribution in [2.75, 3.05) is 0 Å². The van der Waals surface area contributed by atoms with E-state index in [1.54, 1.807) is 6.07 Å². The fourth-order valence-corrected chi connectivity index (χ4v) is 1.93. The van der Waals surface area contributed by atoms with Gasteiger partial charge in [-0.1, -0.05) is 34.6 Å². The fourth-order valence-electron chi connectivity index (χ4n) is 1.93. The lowest BCUT2D eigenvalue weighted by molar-refractivity contribution is 0.100. The molecule has 1 amide bonds. The van der Waals surface area contributed by atoms with E-state index in [-0.39, 0.29) is 0 Å². The van der Waals surface area contributed by atoms with E-state index < -0.39 is 5.91 Å². The fraction of sp³-hybridized carbons (Fsp3) is 0.467. The third-order valence-corrected chi connectivity index (χ3v) is 2.94. The highest BCUT2D eigenvalue weighted by Gasteiger charge is 2.13. The Labute approximate surface area is 114 Å².